The summed E-state index contributed by atoms with van der Waals surface area (Å²) in [6.45, 7) is 1.77. The largest absolute Gasteiger partial charge is 0.395 e. The van der Waals surface area contributed by atoms with Gasteiger partial charge in [0.1, 0.15) is 5.69 Å². The summed E-state index contributed by atoms with van der Waals surface area (Å²) in [5.41, 5.74) is 8.00. The number of aromatic nitrogens is 3. The highest BCUT2D eigenvalue weighted by Crippen LogP contribution is 2.24. The van der Waals surface area contributed by atoms with Crippen molar-refractivity contribution in [2.75, 3.05) is 11.1 Å². The Balaban J connectivity index is 2.01. The van der Waals surface area contributed by atoms with Crippen LogP contribution in [-0.4, -0.2) is 20.7 Å². The average Bonchev–Trinajstić information content (AvgIpc) is 2.72. The monoisotopic (exact) mass is 281 g/mol. The van der Waals surface area contributed by atoms with Crippen molar-refractivity contribution in [2.24, 2.45) is 7.05 Å². The van der Waals surface area contributed by atoms with E-state index < -0.39 is 0 Å². The summed E-state index contributed by atoms with van der Waals surface area (Å²) in [6, 6.07) is 7.58. The number of aryl methyl sites for hydroxylation is 2. The van der Waals surface area contributed by atoms with Gasteiger partial charge in [0.2, 0.25) is 0 Å². The molecule has 2 aromatic heterocycles. The van der Waals surface area contributed by atoms with Crippen LogP contribution in [0, 0.1) is 6.92 Å². The zero-order valence-electron chi connectivity index (χ0n) is 11.8. The van der Waals surface area contributed by atoms with Crippen LogP contribution in [0.4, 0.5) is 11.4 Å². The lowest BCUT2D eigenvalue weighted by Gasteiger charge is -2.09. The lowest BCUT2D eigenvalue weighted by atomic mass is 10.1. The molecular formula is C15H15N5O. The van der Waals surface area contributed by atoms with E-state index in [1.165, 1.54) is 4.68 Å². The van der Waals surface area contributed by atoms with Crippen LogP contribution >= 0.6 is 0 Å². The van der Waals surface area contributed by atoms with Crippen LogP contribution in [0.2, 0.25) is 0 Å². The van der Waals surface area contributed by atoms with Crippen LogP contribution in [-0.2, 0) is 7.05 Å². The van der Waals surface area contributed by atoms with Crippen molar-refractivity contribution in [1.82, 2.24) is 14.8 Å². The highest BCUT2D eigenvalue weighted by molar-refractivity contribution is 6.10. The Hall–Kier alpha value is -2.89. The minimum atomic E-state index is -0.285. The first kappa shape index (κ1) is 13.1. The molecule has 6 nitrogen and oxygen atoms in total. The number of nitrogens with two attached hydrogens (primary N) is 1. The van der Waals surface area contributed by atoms with Gasteiger partial charge in [0.25, 0.3) is 5.91 Å². The number of nitrogen functional groups attached to an aromatic ring is 1. The Morgan fingerprint density at radius 2 is 2.14 bits per heavy atom. The molecule has 0 atom stereocenters. The van der Waals surface area contributed by atoms with Gasteiger partial charge in [0, 0.05) is 24.8 Å². The maximum absolute atomic E-state index is 12.4. The van der Waals surface area contributed by atoms with Crippen molar-refractivity contribution in [3.63, 3.8) is 0 Å². The van der Waals surface area contributed by atoms with E-state index in [0.717, 1.165) is 10.8 Å². The van der Waals surface area contributed by atoms with Crippen LogP contribution in [0.3, 0.4) is 0 Å². The molecule has 0 bridgehead atoms. The molecule has 2 heterocycles. The molecule has 0 radical (unpaired) electrons. The van der Waals surface area contributed by atoms with E-state index in [1.54, 1.807) is 26.4 Å². The first-order chi connectivity index (χ1) is 10.1. The van der Waals surface area contributed by atoms with Crippen molar-refractivity contribution in [3.05, 3.63) is 48.0 Å². The minimum Gasteiger partial charge on any atom is -0.395 e. The summed E-state index contributed by atoms with van der Waals surface area (Å²) in [4.78, 5) is 16.5. The maximum Gasteiger partial charge on any atom is 0.276 e. The van der Waals surface area contributed by atoms with E-state index in [9.17, 15) is 4.79 Å². The molecule has 0 aliphatic heterocycles. The summed E-state index contributed by atoms with van der Waals surface area (Å²) < 4.78 is 1.49. The summed E-state index contributed by atoms with van der Waals surface area (Å²) in [5, 5.41) is 8.92. The van der Waals surface area contributed by atoms with Gasteiger partial charge < -0.3 is 11.1 Å². The molecule has 0 aliphatic rings. The van der Waals surface area contributed by atoms with Crippen molar-refractivity contribution in [3.8, 4) is 0 Å². The second-order valence-electron chi connectivity index (χ2n) is 4.83. The van der Waals surface area contributed by atoms with Crippen molar-refractivity contribution < 1.29 is 4.79 Å². The van der Waals surface area contributed by atoms with Crippen molar-refractivity contribution >= 4 is 28.1 Å². The molecule has 3 aromatic rings. The number of benzene rings is 1. The third-order valence-electron chi connectivity index (χ3n) is 3.42. The van der Waals surface area contributed by atoms with E-state index in [2.05, 4.69) is 15.4 Å². The molecule has 0 spiro atoms. The van der Waals surface area contributed by atoms with Crippen molar-refractivity contribution in [1.29, 1.82) is 0 Å². The fraction of sp³-hybridized carbons (Fsp3) is 0.133. The van der Waals surface area contributed by atoms with Gasteiger partial charge in [-0.05, 0) is 24.4 Å². The molecule has 0 fully saturated rings. The third-order valence-corrected chi connectivity index (χ3v) is 3.42. The van der Waals surface area contributed by atoms with Gasteiger partial charge in [-0.15, -0.1) is 0 Å². The molecule has 1 amide bonds. The lowest BCUT2D eigenvalue weighted by molar-refractivity contribution is 0.101. The number of fused-ring (bicyclic) bond motifs is 1. The zero-order valence-corrected chi connectivity index (χ0v) is 11.8. The topological polar surface area (TPSA) is 85.8 Å². The van der Waals surface area contributed by atoms with Gasteiger partial charge in [-0.3, -0.25) is 14.5 Å². The number of hydrogen-bond donors (Lipinski definition) is 2. The number of nitrogens with zero attached hydrogens (tertiary/aromatic N) is 3. The molecule has 3 rings (SSSR count). The number of pyridine rings is 1. The van der Waals surface area contributed by atoms with E-state index in [-0.39, 0.29) is 5.91 Å². The zero-order chi connectivity index (χ0) is 15.0. The Labute approximate surface area is 121 Å². The van der Waals surface area contributed by atoms with Gasteiger partial charge in [-0.2, -0.15) is 5.10 Å². The predicted molar refractivity (Wildman–Crippen MR) is 82.1 cm³/mol. The van der Waals surface area contributed by atoms with Crippen LogP contribution in [0.1, 0.15) is 16.2 Å². The number of hydrogen-bond acceptors (Lipinski definition) is 4. The number of nitrogens with one attached hydrogen (secondary N) is 1. The second kappa shape index (κ2) is 4.90. The molecule has 106 valence electrons. The number of anilines is 2. The molecule has 3 N–H and O–H groups in total. The molecule has 1 aromatic carbocycles. The van der Waals surface area contributed by atoms with Crippen LogP contribution in [0.15, 0.2) is 36.7 Å². The van der Waals surface area contributed by atoms with Gasteiger partial charge in [-0.25, -0.2) is 0 Å². The van der Waals surface area contributed by atoms with Gasteiger partial charge in [0.05, 0.1) is 17.1 Å². The number of amides is 1. The van der Waals surface area contributed by atoms with Gasteiger partial charge in [0.15, 0.2) is 0 Å². The number of rotatable bonds is 2. The molecule has 0 saturated carbocycles. The minimum absolute atomic E-state index is 0.285. The second-order valence-corrected chi connectivity index (χ2v) is 4.83. The Morgan fingerprint density at radius 3 is 2.86 bits per heavy atom. The first-order valence-corrected chi connectivity index (χ1v) is 6.51. The van der Waals surface area contributed by atoms with Crippen LogP contribution in [0.25, 0.3) is 10.8 Å². The average molecular weight is 281 g/mol. The fourth-order valence-corrected chi connectivity index (χ4v) is 2.35. The summed E-state index contributed by atoms with van der Waals surface area (Å²) in [6.07, 6.45) is 3.44. The Kier molecular flexibility index (Phi) is 3.06. The summed E-state index contributed by atoms with van der Waals surface area (Å²) in [5.74, 6) is -0.285. The molecular weight excluding hydrogens is 266 g/mol. The molecule has 0 unspecified atom stereocenters. The quantitative estimate of drug-likeness (QED) is 0.753. The summed E-state index contributed by atoms with van der Waals surface area (Å²) in [7, 11) is 1.70. The lowest BCUT2D eigenvalue weighted by Crippen LogP contribution is -2.17. The molecule has 6 heteroatoms. The van der Waals surface area contributed by atoms with Crippen molar-refractivity contribution in [2.45, 2.75) is 6.92 Å². The first-order valence-electron chi connectivity index (χ1n) is 6.51. The Bertz CT molecular complexity index is 832. The van der Waals surface area contributed by atoms with Crippen LogP contribution < -0.4 is 11.1 Å². The SMILES string of the molecule is Cc1nn(C)c(C(=O)Nc2cccc3ccncc23)c1N. The van der Waals surface area contributed by atoms with Gasteiger partial charge >= 0.3 is 0 Å². The highest BCUT2D eigenvalue weighted by Gasteiger charge is 2.18. The smallest absolute Gasteiger partial charge is 0.276 e. The van der Waals surface area contributed by atoms with Crippen LogP contribution in [0.5, 0.6) is 0 Å². The fourth-order valence-electron chi connectivity index (χ4n) is 2.35. The molecule has 21 heavy (non-hydrogen) atoms. The van der Waals surface area contributed by atoms with E-state index in [4.69, 9.17) is 5.73 Å². The van der Waals surface area contributed by atoms with E-state index in [0.29, 0.717) is 22.8 Å². The van der Waals surface area contributed by atoms with E-state index in [1.807, 2.05) is 24.3 Å². The normalized spacial score (nSPS) is 10.8. The maximum atomic E-state index is 12.4. The standard InChI is InChI=1S/C15H15N5O/c1-9-13(16)14(20(2)19-9)15(21)18-12-5-3-4-10-6-7-17-8-11(10)12/h3-8H,16H2,1-2H3,(H,18,21). The van der Waals surface area contributed by atoms with E-state index >= 15 is 0 Å². The number of carbonyl (C=O) groups is 1. The van der Waals surface area contributed by atoms with Gasteiger partial charge in [-0.1, -0.05) is 12.1 Å². The highest BCUT2D eigenvalue weighted by atomic mass is 16.2. The summed E-state index contributed by atoms with van der Waals surface area (Å²) >= 11 is 0. The predicted octanol–water partition coefficient (Wildman–Crippen LogP) is 2.11. The molecule has 0 saturated heterocycles. The Morgan fingerprint density at radius 1 is 1.33 bits per heavy atom. The molecule has 0 aliphatic carbocycles. The third kappa shape index (κ3) is 2.20. The number of carbonyl (C=O) groups excluding carboxylic acids is 1.